The first-order valence-electron chi connectivity index (χ1n) is 10.8. The molecule has 4 nitrogen and oxygen atoms in total. The molecule has 0 aromatic carbocycles. The van der Waals surface area contributed by atoms with E-state index in [1.807, 2.05) is 18.6 Å². The molecule has 1 aromatic heterocycles. The molecule has 0 saturated heterocycles. The van der Waals surface area contributed by atoms with E-state index in [1.165, 1.54) is 18.4 Å². The first-order chi connectivity index (χ1) is 12.9. The van der Waals surface area contributed by atoms with Gasteiger partial charge < -0.3 is 9.67 Å². The van der Waals surface area contributed by atoms with Crippen LogP contribution in [0.5, 0.6) is 0 Å². The molecule has 5 rings (SSSR count). The van der Waals surface area contributed by atoms with E-state index in [0.29, 0.717) is 30.1 Å². The first-order valence-corrected chi connectivity index (χ1v) is 10.8. The molecule has 3 fully saturated rings. The van der Waals surface area contributed by atoms with E-state index < -0.39 is 5.60 Å². The molecule has 0 amide bonds. The third-order valence-electron chi connectivity index (χ3n) is 9.29. The minimum absolute atomic E-state index is 0.0134. The van der Waals surface area contributed by atoms with E-state index in [-0.39, 0.29) is 10.8 Å². The zero-order valence-corrected chi connectivity index (χ0v) is 16.7. The van der Waals surface area contributed by atoms with Crippen LogP contribution in [-0.4, -0.2) is 26.0 Å². The van der Waals surface area contributed by atoms with Crippen molar-refractivity contribution in [3.8, 4) is 0 Å². The summed E-state index contributed by atoms with van der Waals surface area (Å²) in [6.07, 6.45) is 15.9. The Labute approximate surface area is 162 Å². The molecule has 1 heterocycles. The van der Waals surface area contributed by atoms with E-state index in [1.54, 1.807) is 6.20 Å². The largest absolute Gasteiger partial charge is 0.387 e. The number of aromatic nitrogens is 2. The third kappa shape index (κ3) is 2.38. The van der Waals surface area contributed by atoms with Gasteiger partial charge in [0.05, 0.1) is 18.5 Å². The summed E-state index contributed by atoms with van der Waals surface area (Å²) in [5.41, 5.74) is 0.988. The van der Waals surface area contributed by atoms with E-state index in [4.69, 9.17) is 0 Å². The summed E-state index contributed by atoms with van der Waals surface area (Å²) in [6, 6.07) is 0. The molecule has 4 heteroatoms. The number of ketones is 1. The van der Waals surface area contributed by atoms with Crippen LogP contribution in [0.2, 0.25) is 0 Å². The number of aliphatic hydroxyl groups is 1. The second-order valence-electron chi connectivity index (χ2n) is 10.2. The van der Waals surface area contributed by atoms with Gasteiger partial charge in [-0.25, -0.2) is 4.98 Å². The minimum atomic E-state index is -0.636. The Morgan fingerprint density at radius 2 is 1.96 bits per heavy atom. The van der Waals surface area contributed by atoms with Gasteiger partial charge in [-0.05, 0) is 74.2 Å². The van der Waals surface area contributed by atoms with Crippen LogP contribution in [0.3, 0.4) is 0 Å². The van der Waals surface area contributed by atoms with Gasteiger partial charge in [0.25, 0.3) is 0 Å². The zero-order chi connectivity index (χ0) is 18.9. The number of rotatable bonds is 2. The monoisotopic (exact) mass is 368 g/mol. The number of nitrogens with zero attached hydrogens (tertiary/aromatic N) is 2. The van der Waals surface area contributed by atoms with E-state index in [9.17, 15) is 9.90 Å². The Kier molecular flexibility index (Phi) is 3.79. The smallest absolute Gasteiger partial charge is 0.155 e. The Morgan fingerprint density at radius 1 is 1.15 bits per heavy atom. The lowest BCUT2D eigenvalue weighted by Gasteiger charge is -2.59. The molecule has 146 valence electrons. The van der Waals surface area contributed by atoms with Gasteiger partial charge in [0.15, 0.2) is 5.78 Å². The van der Waals surface area contributed by atoms with Crippen LogP contribution in [0.1, 0.15) is 65.2 Å². The number of fused-ring (bicyclic) bond motifs is 5. The molecule has 0 spiro atoms. The Balaban J connectivity index is 1.45. The van der Waals surface area contributed by atoms with Crippen LogP contribution in [0.15, 0.2) is 30.4 Å². The molecular formula is C23H32N2O2. The Bertz CT molecular complexity index is 784. The van der Waals surface area contributed by atoms with Crippen LogP contribution in [0.4, 0.5) is 0 Å². The van der Waals surface area contributed by atoms with Gasteiger partial charge in [-0.15, -0.1) is 0 Å². The molecule has 5 unspecified atom stereocenters. The fourth-order valence-corrected chi connectivity index (χ4v) is 7.61. The van der Waals surface area contributed by atoms with Gasteiger partial charge in [0, 0.05) is 24.2 Å². The first kappa shape index (κ1) is 17.7. The molecule has 4 aliphatic carbocycles. The fourth-order valence-electron chi connectivity index (χ4n) is 7.61. The molecule has 0 bridgehead atoms. The summed E-state index contributed by atoms with van der Waals surface area (Å²) in [5.74, 6) is 2.30. The van der Waals surface area contributed by atoms with Crippen molar-refractivity contribution in [2.24, 2.45) is 28.6 Å². The molecule has 1 N–H and O–H groups in total. The molecule has 6 atom stereocenters. The van der Waals surface area contributed by atoms with Crippen molar-refractivity contribution in [2.45, 2.75) is 77.4 Å². The van der Waals surface area contributed by atoms with E-state index in [0.717, 1.165) is 38.5 Å². The summed E-state index contributed by atoms with van der Waals surface area (Å²) in [4.78, 5) is 16.1. The second kappa shape index (κ2) is 5.79. The molecule has 4 aliphatic rings. The SMILES string of the molecule is CC12CCC(=O)C=C1CCC1C2CCC2(C)C1CC[C@@]2(O)Cn1ccnc1. The Morgan fingerprint density at radius 3 is 2.74 bits per heavy atom. The maximum Gasteiger partial charge on any atom is 0.155 e. The average Bonchev–Trinajstić information content (AvgIpc) is 3.22. The van der Waals surface area contributed by atoms with Crippen molar-refractivity contribution in [2.75, 3.05) is 0 Å². The van der Waals surface area contributed by atoms with Gasteiger partial charge >= 0.3 is 0 Å². The molecule has 0 aliphatic heterocycles. The normalized spacial score (nSPS) is 46.4. The maximum atomic E-state index is 12.0. The number of hydrogen-bond donors (Lipinski definition) is 1. The molecule has 1 aromatic rings. The predicted octanol–water partition coefficient (Wildman–Crippen LogP) is 4.15. The van der Waals surface area contributed by atoms with Crippen LogP contribution in [0.25, 0.3) is 0 Å². The Hall–Kier alpha value is -1.42. The van der Waals surface area contributed by atoms with Gasteiger partial charge in [-0.3, -0.25) is 4.79 Å². The zero-order valence-electron chi connectivity index (χ0n) is 16.7. The van der Waals surface area contributed by atoms with Gasteiger partial charge in [0.2, 0.25) is 0 Å². The number of allylic oxidation sites excluding steroid dienone is 1. The minimum Gasteiger partial charge on any atom is -0.387 e. The number of hydrogen-bond acceptors (Lipinski definition) is 3. The number of imidazole rings is 1. The van der Waals surface area contributed by atoms with Gasteiger partial charge in [-0.1, -0.05) is 19.4 Å². The highest BCUT2D eigenvalue weighted by Gasteiger charge is 2.63. The van der Waals surface area contributed by atoms with Crippen molar-refractivity contribution < 1.29 is 9.90 Å². The molecular weight excluding hydrogens is 336 g/mol. The summed E-state index contributed by atoms with van der Waals surface area (Å²) < 4.78 is 2.05. The van der Waals surface area contributed by atoms with Crippen molar-refractivity contribution in [1.82, 2.24) is 9.55 Å². The second-order valence-corrected chi connectivity index (χ2v) is 10.2. The van der Waals surface area contributed by atoms with Gasteiger partial charge in [-0.2, -0.15) is 0 Å². The highest BCUT2D eigenvalue weighted by molar-refractivity contribution is 5.91. The number of carbonyl (C=O) groups excluding carboxylic acids is 1. The average molecular weight is 369 g/mol. The summed E-state index contributed by atoms with van der Waals surface area (Å²) in [5, 5.41) is 11.7. The lowest BCUT2D eigenvalue weighted by atomic mass is 9.46. The van der Waals surface area contributed by atoms with Crippen molar-refractivity contribution >= 4 is 5.78 Å². The fraction of sp³-hybridized carbons (Fsp3) is 0.739. The van der Waals surface area contributed by atoms with E-state index >= 15 is 0 Å². The summed E-state index contributed by atoms with van der Waals surface area (Å²) in [6.45, 7) is 5.45. The maximum absolute atomic E-state index is 12.0. The summed E-state index contributed by atoms with van der Waals surface area (Å²) in [7, 11) is 0. The van der Waals surface area contributed by atoms with Crippen molar-refractivity contribution in [1.29, 1.82) is 0 Å². The highest BCUT2D eigenvalue weighted by atomic mass is 16.3. The van der Waals surface area contributed by atoms with Crippen LogP contribution >= 0.6 is 0 Å². The van der Waals surface area contributed by atoms with Crippen molar-refractivity contribution in [3.63, 3.8) is 0 Å². The highest BCUT2D eigenvalue weighted by Crippen LogP contribution is 2.67. The summed E-state index contributed by atoms with van der Waals surface area (Å²) >= 11 is 0. The quantitative estimate of drug-likeness (QED) is 0.853. The lowest BCUT2D eigenvalue weighted by molar-refractivity contribution is -0.135. The van der Waals surface area contributed by atoms with Crippen molar-refractivity contribution in [3.05, 3.63) is 30.4 Å². The van der Waals surface area contributed by atoms with Crippen LogP contribution in [-0.2, 0) is 11.3 Å². The lowest BCUT2D eigenvalue weighted by Crippen LogP contribution is -2.55. The van der Waals surface area contributed by atoms with Crippen LogP contribution in [0, 0.1) is 28.6 Å². The molecule has 3 saturated carbocycles. The molecule has 0 radical (unpaired) electrons. The van der Waals surface area contributed by atoms with Crippen LogP contribution < -0.4 is 0 Å². The van der Waals surface area contributed by atoms with Gasteiger partial charge in [0.1, 0.15) is 0 Å². The number of carbonyl (C=O) groups is 1. The topological polar surface area (TPSA) is 55.1 Å². The predicted molar refractivity (Wildman–Crippen MR) is 104 cm³/mol. The standard InChI is InChI=1S/C23H32N2O2/c1-21-8-5-17(26)13-16(21)3-4-18-19(21)6-9-22(2)20(18)7-10-23(22,27)14-25-12-11-24-15-25/h11-13,15,18-20,27H,3-10,14H2,1-2H3/t18?,19?,20?,21?,22?,23-/m1/s1. The molecule has 27 heavy (non-hydrogen) atoms. The van der Waals surface area contributed by atoms with E-state index in [2.05, 4.69) is 23.4 Å². The third-order valence-corrected chi connectivity index (χ3v) is 9.29.